The second-order valence-electron chi connectivity index (χ2n) is 5.20. The molecule has 0 bridgehead atoms. The number of likely N-dealkylation sites (N-methyl/N-ethyl adjacent to an activating group) is 2. The number of anilines is 1. The van der Waals surface area contributed by atoms with Gasteiger partial charge in [0.05, 0.1) is 5.02 Å². The fourth-order valence-corrected chi connectivity index (χ4v) is 3.10. The van der Waals surface area contributed by atoms with E-state index in [-0.39, 0.29) is 0 Å². The summed E-state index contributed by atoms with van der Waals surface area (Å²) < 4.78 is 0. The second-order valence-corrected chi connectivity index (χ2v) is 6.04. The van der Waals surface area contributed by atoms with Gasteiger partial charge in [-0.15, -0.1) is 0 Å². The summed E-state index contributed by atoms with van der Waals surface area (Å²) in [6.07, 6.45) is 2.46. The van der Waals surface area contributed by atoms with E-state index in [1.807, 2.05) is 18.2 Å². The molecule has 5 heteroatoms. The smallest absolute Gasteiger partial charge is 0.105 e. The van der Waals surface area contributed by atoms with Crippen molar-refractivity contribution in [2.24, 2.45) is 5.73 Å². The number of hydrogen-bond donors (Lipinski definition) is 1. The van der Waals surface area contributed by atoms with Crippen molar-refractivity contribution in [3.63, 3.8) is 0 Å². The minimum absolute atomic E-state index is 0.344. The zero-order valence-electron chi connectivity index (χ0n) is 11.4. The molecule has 2 rings (SSSR count). The van der Waals surface area contributed by atoms with Crippen LogP contribution >= 0.6 is 23.8 Å². The molecule has 1 aromatic carbocycles. The number of nitrogens with two attached hydrogens (primary N) is 1. The first kappa shape index (κ1) is 14.6. The number of nitrogens with zero attached hydrogens (tertiary/aromatic N) is 2. The topological polar surface area (TPSA) is 32.5 Å². The lowest BCUT2D eigenvalue weighted by Crippen LogP contribution is -2.45. The lowest BCUT2D eigenvalue weighted by molar-refractivity contribution is 0.248. The number of rotatable bonds is 3. The van der Waals surface area contributed by atoms with Crippen molar-refractivity contribution in [2.75, 3.05) is 32.1 Å². The summed E-state index contributed by atoms with van der Waals surface area (Å²) in [7, 11) is 4.29. The van der Waals surface area contributed by atoms with Crippen LogP contribution in [0.1, 0.15) is 18.4 Å². The lowest BCUT2D eigenvalue weighted by Gasteiger charge is -2.37. The molecule has 19 heavy (non-hydrogen) atoms. The van der Waals surface area contributed by atoms with Crippen molar-refractivity contribution < 1.29 is 0 Å². The van der Waals surface area contributed by atoms with E-state index in [1.54, 1.807) is 0 Å². The summed E-state index contributed by atoms with van der Waals surface area (Å²) >= 11 is 11.2. The Morgan fingerprint density at radius 3 is 2.84 bits per heavy atom. The molecule has 0 radical (unpaired) electrons. The molecule has 1 saturated heterocycles. The van der Waals surface area contributed by atoms with Gasteiger partial charge in [-0.05, 0) is 44.6 Å². The molecule has 1 aromatic rings. The summed E-state index contributed by atoms with van der Waals surface area (Å²) in [5, 5.41) is 0.626. The molecular formula is C14H20ClN3S. The standard InChI is InChI=1S/C14H20ClN3S/c1-17-7-3-4-11(9-17)18(2)10-5-6-12(14(16)19)13(15)8-10/h5-6,8,11H,3-4,7,9H2,1-2H3,(H2,16,19). The first-order chi connectivity index (χ1) is 8.99. The molecule has 0 aliphatic carbocycles. The molecule has 1 heterocycles. The Bertz CT molecular complexity index is 478. The maximum atomic E-state index is 6.23. The molecule has 1 aliphatic rings. The first-order valence-electron chi connectivity index (χ1n) is 6.50. The van der Waals surface area contributed by atoms with E-state index in [0.717, 1.165) is 17.8 Å². The van der Waals surface area contributed by atoms with E-state index in [9.17, 15) is 0 Å². The fourth-order valence-electron chi connectivity index (χ4n) is 2.59. The first-order valence-corrected chi connectivity index (χ1v) is 7.28. The van der Waals surface area contributed by atoms with Gasteiger partial charge in [-0.2, -0.15) is 0 Å². The van der Waals surface area contributed by atoms with Gasteiger partial charge in [0.1, 0.15) is 4.99 Å². The largest absolute Gasteiger partial charge is 0.389 e. The number of hydrogen-bond acceptors (Lipinski definition) is 3. The molecule has 3 nitrogen and oxygen atoms in total. The molecule has 1 atom stereocenters. The van der Waals surface area contributed by atoms with Crippen LogP contribution in [-0.4, -0.2) is 43.1 Å². The van der Waals surface area contributed by atoms with E-state index < -0.39 is 0 Å². The molecule has 1 aliphatic heterocycles. The molecule has 1 fully saturated rings. The van der Waals surface area contributed by atoms with E-state index in [0.29, 0.717) is 16.1 Å². The van der Waals surface area contributed by atoms with Crippen LogP contribution in [0.3, 0.4) is 0 Å². The van der Waals surface area contributed by atoms with Crippen LogP contribution in [0.15, 0.2) is 18.2 Å². The number of halogens is 1. The molecule has 0 aromatic heterocycles. The van der Waals surface area contributed by atoms with E-state index in [2.05, 4.69) is 23.9 Å². The zero-order valence-corrected chi connectivity index (χ0v) is 13.0. The summed E-state index contributed by atoms with van der Waals surface area (Å²) in [6, 6.07) is 6.42. The van der Waals surface area contributed by atoms with Gasteiger partial charge in [0.15, 0.2) is 0 Å². The van der Waals surface area contributed by atoms with Crippen LogP contribution in [0.5, 0.6) is 0 Å². The third kappa shape index (κ3) is 3.38. The minimum atomic E-state index is 0.344. The van der Waals surface area contributed by atoms with Crippen molar-refractivity contribution in [2.45, 2.75) is 18.9 Å². The van der Waals surface area contributed by atoms with Crippen LogP contribution in [0.2, 0.25) is 5.02 Å². The van der Waals surface area contributed by atoms with Crippen molar-refractivity contribution in [3.8, 4) is 0 Å². The molecule has 0 amide bonds. The Balaban J connectivity index is 2.17. The predicted octanol–water partition coefficient (Wildman–Crippen LogP) is 2.50. The highest BCUT2D eigenvalue weighted by Crippen LogP contribution is 2.26. The fraction of sp³-hybridized carbons (Fsp3) is 0.500. The highest BCUT2D eigenvalue weighted by molar-refractivity contribution is 7.80. The number of likely N-dealkylation sites (tertiary alicyclic amines) is 1. The summed E-state index contributed by atoms with van der Waals surface area (Å²) in [5.74, 6) is 0. The number of piperidine rings is 1. The average molecular weight is 298 g/mol. The number of thiocarbonyl (C=S) groups is 1. The average Bonchev–Trinajstić information content (AvgIpc) is 2.37. The third-order valence-corrected chi connectivity index (χ3v) is 4.31. The molecule has 0 saturated carbocycles. The SMILES string of the molecule is CN1CCCC(N(C)c2ccc(C(N)=S)c(Cl)c2)C1. The summed E-state index contributed by atoms with van der Waals surface area (Å²) in [6.45, 7) is 2.27. The van der Waals surface area contributed by atoms with Gasteiger partial charge in [0.2, 0.25) is 0 Å². The third-order valence-electron chi connectivity index (χ3n) is 3.77. The normalized spacial score (nSPS) is 20.3. The Morgan fingerprint density at radius 1 is 1.53 bits per heavy atom. The van der Waals surface area contributed by atoms with E-state index in [1.165, 1.54) is 19.4 Å². The Morgan fingerprint density at radius 2 is 2.26 bits per heavy atom. The van der Waals surface area contributed by atoms with Crippen LogP contribution in [-0.2, 0) is 0 Å². The molecule has 1 unspecified atom stereocenters. The van der Waals surface area contributed by atoms with Gasteiger partial charge in [-0.25, -0.2) is 0 Å². The van der Waals surface area contributed by atoms with Crippen molar-refractivity contribution in [1.82, 2.24) is 4.90 Å². The Labute approximate surface area is 125 Å². The predicted molar refractivity (Wildman–Crippen MR) is 86.3 cm³/mol. The van der Waals surface area contributed by atoms with Gasteiger partial charge in [0.25, 0.3) is 0 Å². The lowest BCUT2D eigenvalue weighted by atomic mass is 10.0. The van der Waals surface area contributed by atoms with E-state index in [4.69, 9.17) is 29.6 Å². The summed E-state index contributed by atoms with van der Waals surface area (Å²) in [4.78, 5) is 5.01. The van der Waals surface area contributed by atoms with Gasteiger partial charge in [0, 0.05) is 30.9 Å². The van der Waals surface area contributed by atoms with Gasteiger partial charge in [-0.3, -0.25) is 0 Å². The maximum Gasteiger partial charge on any atom is 0.105 e. The Hall–Kier alpha value is -0.840. The van der Waals surface area contributed by atoms with Crippen LogP contribution in [0.4, 0.5) is 5.69 Å². The van der Waals surface area contributed by atoms with Crippen LogP contribution < -0.4 is 10.6 Å². The molecule has 104 valence electrons. The summed E-state index contributed by atoms with van der Waals surface area (Å²) in [5.41, 5.74) is 7.49. The van der Waals surface area contributed by atoms with Crippen molar-refractivity contribution >= 4 is 34.5 Å². The van der Waals surface area contributed by atoms with Crippen molar-refractivity contribution in [3.05, 3.63) is 28.8 Å². The van der Waals surface area contributed by atoms with Gasteiger partial charge in [-0.1, -0.05) is 23.8 Å². The minimum Gasteiger partial charge on any atom is -0.389 e. The van der Waals surface area contributed by atoms with Gasteiger partial charge >= 0.3 is 0 Å². The number of benzene rings is 1. The van der Waals surface area contributed by atoms with Crippen LogP contribution in [0.25, 0.3) is 0 Å². The maximum absolute atomic E-state index is 6.23. The quantitative estimate of drug-likeness (QED) is 0.869. The molecule has 2 N–H and O–H groups in total. The molecule has 0 spiro atoms. The zero-order chi connectivity index (χ0) is 14.0. The van der Waals surface area contributed by atoms with Crippen LogP contribution in [0, 0.1) is 0 Å². The Kier molecular flexibility index (Phi) is 4.66. The van der Waals surface area contributed by atoms with Gasteiger partial charge < -0.3 is 15.5 Å². The monoisotopic (exact) mass is 297 g/mol. The highest BCUT2D eigenvalue weighted by atomic mass is 35.5. The van der Waals surface area contributed by atoms with E-state index >= 15 is 0 Å². The second kappa shape index (κ2) is 6.07. The van der Waals surface area contributed by atoms with Crippen molar-refractivity contribution in [1.29, 1.82) is 0 Å². The molecular weight excluding hydrogens is 278 g/mol. The highest BCUT2D eigenvalue weighted by Gasteiger charge is 2.21.